The van der Waals surface area contributed by atoms with E-state index in [9.17, 15) is 14.7 Å². The number of amides is 2. The molecule has 2 saturated heterocycles. The molecule has 2 aliphatic heterocycles. The third-order valence-electron chi connectivity index (χ3n) is 3.04. The summed E-state index contributed by atoms with van der Waals surface area (Å²) in [5, 5.41) is 15.3. The number of thioether (sulfide) groups is 1. The zero-order valence-electron chi connectivity index (χ0n) is 9.52. The molecule has 7 heteroatoms. The highest BCUT2D eigenvalue weighted by Crippen LogP contribution is 2.16. The lowest BCUT2D eigenvalue weighted by molar-refractivity contribution is -0.121. The number of aliphatic hydroxyl groups excluding tert-OH is 1. The van der Waals surface area contributed by atoms with Gasteiger partial charge in [0.05, 0.1) is 6.10 Å². The van der Waals surface area contributed by atoms with Crippen LogP contribution in [0.4, 0.5) is 4.79 Å². The lowest BCUT2D eigenvalue weighted by Crippen LogP contribution is -2.41. The van der Waals surface area contributed by atoms with Crippen molar-refractivity contribution >= 4 is 22.9 Å². The molecule has 96 valence electrons. The smallest absolute Gasteiger partial charge is 0.282 e. The summed E-state index contributed by atoms with van der Waals surface area (Å²) in [5.74, 6) is 0.680. The molecule has 0 aromatic heterocycles. The van der Waals surface area contributed by atoms with Crippen molar-refractivity contribution in [2.45, 2.75) is 6.10 Å². The van der Waals surface area contributed by atoms with E-state index in [0.29, 0.717) is 19.6 Å². The van der Waals surface area contributed by atoms with E-state index in [4.69, 9.17) is 0 Å². The van der Waals surface area contributed by atoms with Crippen molar-refractivity contribution in [1.29, 1.82) is 0 Å². The number of rotatable bonds is 4. The minimum absolute atomic E-state index is 0.0253. The topological polar surface area (TPSA) is 81.7 Å². The second-order valence-corrected chi connectivity index (χ2v) is 5.37. The van der Waals surface area contributed by atoms with Gasteiger partial charge in [-0.15, -0.1) is 0 Å². The van der Waals surface area contributed by atoms with E-state index in [2.05, 4.69) is 10.6 Å². The van der Waals surface area contributed by atoms with E-state index >= 15 is 0 Å². The van der Waals surface area contributed by atoms with Crippen LogP contribution in [0.25, 0.3) is 0 Å². The molecule has 2 unspecified atom stereocenters. The Hall–Kier alpha value is -0.790. The van der Waals surface area contributed by atoms with Gasteiger partial charge in [0.25, 0.3) is 5.24 Å². The molecule has 2 amide bonds. The van der Waals surface area contributed by atoms with Crippen LogP contribution in [0.3, 0.4) is 0 Å². The van der Waals surface area contributed by atoms with Crippen LogP contribution in [0.1, 0.15) is 0 Å². The molecular weight excluding hydrogens is 242 g/mol. The number of carbonyl (C=O) groups excluding carboxylic acids is 2. The van der Waals surface area contributed by atoms with Crippen LogP contribution in [-0.4, -0.2) is 65.7 Å². The number of nitrogens with zero attached hydrogens (tertiary/aromatic N) is 1. The molecule has 2 heterocycles. The van der Waals surface area contributed by atoms with Gasteiger partial charge in [-0.25, -0.2) is 0 Å². The molecule has 0 bridgehead atoms. The highest BCUT2D eigenvalue weighted by molar-refractivity contribution is 8.13. The van der Waals surface area contributed by atoms with Crippen molar-refractivity contribution in [1.82, 2.24) is 15.5 Å². The number of β-amino-alcohol motifs (C(OH)–C–C–N with tert-alkyl or cyclic N) is 1. The third-order valence-corrected chi connectivity index (χ3v) is 3.94. The largest absolute Gasteiger partial charge is 0.391 e. The quantitative estimate of drug-likeness (QED) is 0.594. The lowest BCUT2D eigenvalue weighted by Gasteiger charge is -2.17. The fourth-order valence-electron chi connectivity index (χ4n) is 1.97. The first-order valence-corrected chi connectivity index (χ1v) is 6.72. The van der Waals surface area contributed by atoms with Gasteiger partial charge >= 0.3 is 0 Å². The van der Waals surface area contributed by atoms with Crippen LogP contribution in [-0.2, 0) is 4.79 Å². The van der Waals surface area contributed by atoms with Crippen LogP contribution in [0.2, 0.25) is 0 Å². The average molecular weight is 259 g/mol. The maximum Gasteiger partial charge on any atom is 0.282 e. The first-order valence-electron chi connectivity index (χ1n) is 5.74. The summed E-state index contributed by atoms with van der Waals surface area (Å²) in [6.45, 7) is 2.54. The van der Waals surface area contributed by atoms with E-state index in [1.165, 1.54) is 11.8 Å². The van der Waals surface area contributed by atoms with Gasteiger partial charge in [0.15, 0.2) is 0 Å². The minimum atomic E-state index is -0.390. The lowest BCUT2D eigenvalue weighted by atomic mass is 10.1. The highest BCUT2D eigenvalue weighted by atomic mass is 32.2. The Morgan fingerprint density at radius 2 is 2.41 bits per heavy atom. The molecular formula is C10H17N3O3S. The third kappa shape index (κ3) is 3.34. The zero-order valence-corrected chi connectivity index (χ0v) is 10.3. The first-order chi connectivity index (χ1) is 8.16. The van der Waals surface area contributed by atoms with Gasteiger partial charge in [-0.3, -0.25) is 9.59 Å². The van der Waals surface area contributed by atoms with Gasteiger partial charge in [0, 0.05) is 37.8 Å². The molecule has 0 spiro atoms. The second kappa shape index (κ2) is 5.70. The maximum absolute atomic E-state index is 11.6. The van der Waals surface area contributed by atoms with Crippen molar-refractivity contribution < 1.29 is 14.7 Å². The number of aliphatic hydroxyl groups is 1. The molecule has 6 nitrogen and oxygen atoms in total. The SMILES string of the molecule is O=C(CN1CCSC1=O)NCC1CNCC1O. The van der Waals surface area contributed by atoms with Gasteiger partial charge in [-0.2, -0.15) is 0 Å². The molecule has 2 aliphatic rings. The Labute approximate surface area is 104 Å². The fourth-order valence-corrected chi connectivity index (χ4v) is 2.80. The van der Waals surface area contributed by atoms with E-state index in [1.807, 2.05) is 0 Å². The summed E-state index contributed by atoms with van der Waals surface area (Å²) >= 11 is 1.25. The molecule has 17 heavy (non-hydrogen) atoms. The number of nitrogens with one attached hydrogen (secondary N) is 2. The number of hydrogen-bond acceptors (Lipinski definition) is 5. The normalized spacial score (nSPS) is 28.8. The van der Waals surface area contributed by atoms with Gasteiger partial charge in [-0.05, 0) is 0 Å². The van der Waals surface area contributed by atoms with Crippen LogP contribution >= 0.6 is 11.8 Å². The van der Waals surface area contributed by atoms with Crippen molar-refractivity contribution in [3.05, 3.63) is 0 Å². The molecule has 0 aliphatic carbocycles. The molecule has 2 rings (SSSR count). The summed E-state index contributed by atoms with van der Waals surface area (Å²) in [5.41, 5.74) is 0. The summed E-state index contributed by atoms with van der Waals surface area (Å²) in [4.78, 5) is 24.4. The van der Waals surface area contributed by atoms with Crippen molar-refractivity contribution in [3.63, 3.8) is 0 Å². The van der Waals surface area contributed by atoms with Gasteiger partial charge in [-0.1, -0.05) is 11.8 Å². The predicted molar refractivity (Wildman–Crippen MR) is 64.8 cm³/mol. The van der Waals surface area contributed by atoms with Crippen molar-refractivity contribution in [2.75, 3.05) is 38.5 Å². The number of carbonyl (C=O) groups is 2. The van der Waals surface area contributed by atoms with Crippen LogP contribution in [0, 0.1) is 5.92 Å². The van der Waals surface area contributed by atoms with Gasteiger partial charge in [0.2, 0.25) is 5.91 Å². The molecule has 2 atom stereocenters. The van der Waals surface area contributed by atoms with E-state index in [-0.39, 0.29) is 29.7 Å². The molecule has 0 radical (unpaired) electrons. The van der Waals surface area contributed by atoms with Gasteiger partial charge < -0.3 is 20.6 Å². The predicted octanol–water partition coefficient (Wildman–Crippen LogP) is -1.15. The standard InChI is InChI=1S/C10H17N3O3S/c14-8-5-11-3-7(8)4-12-9(15)6-13-1-2-17-10(13)16/h7-8,11,14H,1-6H2,(H,12,15). The summed E-state index contributed by atoms with van der Waals surface area (Å²) < 4.78 is 0. The van der Waals surface area contributed by atoms with Crippen LogP contribution < -0.4 is 10.6 Å². The van der Waals surface area contributed by atoms with Crippen LogP contribution in [0.5, 0.6) is 0 Å². The highest BCUT2D eigenvalue weighted by Gasteiger charge is 2.26. The number of hydrogen-bond donors (Lipinski definition) is 3. The second-order valence-electron chi connectivity index (χ2n) is 4.33. The Kier molecular flexibility index (Phi) is 4.25. The molecule has 2 fully saturated rings. The summed E-state index contributed by atoms with van der Waals surface area (Å²) in [6.07, 6.45) is -0.390. The Bertz CT molecular complexity index is 313. The average Bonchev–Trinajstić information content (AvgIpc) is 2.86. The molecule has 0 aromatic carbocycles. The summed E-state index contributed by atoms with van der Waals surface area (Å²) in [6, 6.07) is 0. The van der Waals surface area contributed by atoms with E-state index < -0.39 is 0 Å². The Balaban J connectivity index is 1.68. The van der Waals surface area contributed by atoms with Crippen LogP contribution in [0.15, 0.2) is 0 Å². The van der Waals surface area contributed by atoms with Gasteiger partial charge in [0.1, 0.15) is 6.54 Å². The fraction of sp³-hybridized carbons (Fsp3) is 0.800. The Morgan fingerprint density at radius 3 is 3.00 bits per heavy atom. The van der Waals surface area contributed by atoms with Crippen molar-refractivity contribution in [3.8, 4) is 0 Å². The van der Waals surface area contributed by atoms with E-state index in [0.717, 1.165) is 12.3 Å². The molecule has 0 saturated carbocycles. The zero-order chi connectivity index (χ0) is 12.3. The summed E-state index contributed by atoms with van der Waals surface area (Å²) in [7, 11) is 0. The monoisotopic (exact) mass is 259 g/mol. The minimum Gasteiger partial charge on any atom is -0.391 e. The maximum atomic E-state index is 11.6. The molecule has 0 aromatic rings. The van der Waals surface area contributed by atoms with E-state index in [1.54, 1.807) is 4.90 Å². The molecule has 3 N–H and O–H groups in total. The first kappa shape index (κ1) is 12.7. The Morgan fingerprint density at radius 1 is 1.59 bits per heavy atom. The van der Waals surface area contributed by atoms with Crippen molar-refractivity contribution in [2.24, 2.45) is 5.92 Å².